The number of carbonyl (C=O) groups excluding carboxylic acids is 1. The molecule has 1 amide bonds. The average Bonchev–Trinajstić information content (AvgIpc) is 2.69. The SMILES string of the molecule is Cc1ccc(S(=O)(=O)N2CCC(C(=O)NC(C)Cc3ccc(Br)cc3)CC2)c(C)c1. The minimum absolute atomic E-state index is 0.0168. The molecule has 3 rings (SSSR count). The third-order valence-corrected chi connectivity index (χ3v) is 8.20. The van der Waals surface area contributed by atoms with Gasteiger partial charge in [0.2, 0.25) is 15.9 Å². The minimum Gasteiger partial charge on any atom is -0.353 e. The topological polar surface area (TPSA) is 66.5 Å². The summed E-state index contributed by atoms with van der Waals surface area (Å²) in [4.78, 5) is 13.0. The van der Waals surface area contributed by atoms with E-state index in [0.29, 0.717) is 30.8 Å². The summed E-state index contributed by atoms with van der Waals surface area (Å²) in [6.45, 7) is 6.52. The molecule has 2 aromatic carbocycles. The van der Waals surface area contributed by atoms with Crippen molar-refractivity contribution in [3.8, 4) is 0 Å². The fourth-order valence-corrected chi connectivity index (χ4v) is 5.91. The Morgan fingerprint density at radius 3 is 2.37 bits per heavy atom. The molecule has 1 aliphatic heterocycles. The van der Waals surface area contributed by atoms with Crippen molar-refractivity contribution in [1.82, 2.24) is 9.62 Å². The zero-order valence-electron chi connectivity index (χ0n) is 17.7. The second-order valence-corrected chi connectivity index (χ2v) is 11.0. The van der Waals surface area contributed by atoms with E-state index in [1.807, 2.05) is 57.2 Å². The van der Waals surface area contributed by atoms with Gasteiger partial charge in [0.05, 0.1) is 4.90 Å². The summed E-state index contributed by atoms with van der Waals surface area (Å²) in [5, 5.41) is 3.09. The van der Waals surface area contributed by atoms with Crippen LogP contribution in [0, 0.1) is 19.8 Å². The Kier molecular flexibility index (Phi) is 7.37. The van der Waals surface area contributed by atoms with Gasteiger partial charge in [0.1, 0.15) is 0 Å². The van der Waals surface area contributed by atoms with Crippen molar-refractivity contribution in [1.29, 1.82) is 0 Å². The Bertz CT molecular complexity index is 998. The quantitative estimate of drug-likeness (QED) is 0.656. The Labute approximate surface area is 188 Å². The standard InChI is InChI=1S/C23H29BrN2O3S/c1-16-4-9-22(17(2)14-16)30(28,29)26-12-10-20(11-13-26)23(27)25-18(3)15-19-5-7-21(24)8-6-19/h4-9,14,18,20H,10-13,15H2,1-3H3,(H,25,27). The molecule has 0 saturated carbocycles. The van der Waals surface area contributed by atoms with Gasteiger partial charge in [-0.3, -0.25) is 4.79 Å². The molecular formula is C23H29BrN2O3S. The van der Waals surface area contributed by atoms with Crippen molar-refractivity contribution >= 4 is 31.9 Å². The van der Waals surface area contributed by atoms with Gasteiger partial charge in [0.25, 0.3) is 0 Å². The highest BCUT2D eigenvalue weighted by Crippen LogP contribution is 2.26. The molecule has 1 heterocycles. The predicted octanol–water partition coefficient (Wildman–Crippen LogP) is 4.21. The van der Waals surface area contributed by atoms with Gasteiger partial charge in [-0.25, -0.2) is 8.42 Å². The van der Waals surface area contributed by atoms with Crippen LogP contribution in [0.5, 0.6) is 0 Å². The normalized spacial score (nSPS) is 16.9. The molecule has 0 bridgehead atoms. The van der Waals surface area contributed by atoms with Gasteiger partial charge < -0.3 is 5.32 Å². The molecule has 7 heteroatoms. The zero-order valence-corrected chi connectivity index (χ0v) is 20.1. The molecule has 0 aromatic heterocycles. The fourth-order valence-electron chi connectivity index (χ4n) is 3.97. The van der Waals surface area contributed by atoms with E-state index in [-0.39, 0.29) is 17.9 Å². The number of carbonyl (C=O) groups is 1. The molecule has 1 aliphatic rings. The van der Waals surface area contributed by atoms with Gasteiger partial charge in [-0.1, -0.05) is 45.8 Å². The number of hydrogen-bond acceptors (Lipinski definition) is 3. The average molecular weight is 493 g/mol. The Balaban J connectivity index is 1.55. The van der Waals surface area contributed by atoms with Gasteiger partial charge in [-0.15, -0.1) is 0 Å². The largest absolute Gasteiger partial charge is 0.353 e. The van der Waals surface area contributed by atoms with Gasteiger partial charge >= 0.3 is 0 Å². The zero-order chi connectivity index (χ0) is 21.9. The summed E-state index contributed by atoms with van der Waals surface area (Å²) in [6.07, 6.45) is 1.85. The summed E-state index contributed by atoms with van der Waals surface area (Å²) in [6, 6.07) is 13.5. The summed E-state index contributed by atoms with van der Waals surface area (Å²) in [5.74, 6) is -0.133. The lowest BCUT2D eigenvalue weighted by Gasteiger charge is -2.31. The van der Waals surface area contributed by atoms with Crippen molar-refractivity contribution in [3.05, 3.63) is 63.6 Å². The van der Waals surface area contributed by atoms with E-state index in [0.717, 1.165) is 22.0 Å². The van der Waals surface area contributed by atoms with E-state index < -0.39 is 10.0 Å². The third-order valence-electron chi connectivity index (χ3n) is 5.62. The first-order chi connectivity index (χ1) is 14.2. The number of nitrogens with one attached hydrogen (secondary N) is 1. The van der Waals surface area contributed by atoms with Crippen LogP contribution in [0.3, 0.4) is 0 Å². The maximum Gasteiger partial charge on any atom is 0.243 e. The maximum atomic E-state index is 13.0. The molecule has 0 spiro atoms. The van der Waals surface area contributed by atoms with Gasteiger partial charge in [0, 0.05) is 29.5 Å². The highest BCUT2D eigenvalue weighted by atomic mass is 79.9. The van der Waals surface area contributed by atoms with Crippen LogP contribution < -0.4 is 5.32 Å². The molecule has 1 atom stereocenters. The van der Waals surface area contributed by atoms with Gasteiger partial charge in [0.15, 0.2) is 0 Å². The first-order valence-corrected chi connectivity index (χ1v) is 12.5. The van der Waals surface area contributed by atoms with Crippen LogP contribution >= 0.6 is 15.9 Å². The third kappa shape index (κ3) is 5.50. The van der Waals surface area contributed by atoms with Crippen molar-refractivity contribution in [3.63, 3.8) is 0 Å². The molecule has 162 valence electrons. The van der Waals surface area contributed by atoms with Crippen LogP contribution in [0.4, 0.5) is 0 Å². The number of aryl methyl sites for hydroxylation is 2. The van der Waals surface area contributed by atoms with Crippen molar-refractivity contribution in [2.24, 2.45) is 5.92 Å². The molecular weight excluding hydrogens is 464 g/mol. The Morgan fingerprint density at radius 1 is 1.13 bits per heavy atom. The first kappa shape index (κ1) is 23.0. The van der Waals surface area contributed by atoms with E-state index >= 15 is 0 Å². The number of nitrogens with zero attached hydrogens (tertiary/aromatic N) is 1. The number of halogens is 1. The summed E-state index contributed by atoms with van der Waals surface area (Å²) < 4.78 is 28.6. The number of hydrogen-bond donors (Lipinski definition) is 1. The number of benzene rings is 2. The van der Waals surface area contributed by atoms with E-state index in [4.69, 9.17) is 0 Å². The summed E-state index contributed by atoms with van der Waals surface area (Å²) in [5.41, 5.74) is 2.97. The number of rotatable bonds is 6. The predicted molar refractivity (Wildman–Crippen MR) is 123 cm³/mol. The second-order valence-electron chi connectivity index (χ2n) is 8.19. The Hall–Kier alpha value is -1.70. The molecule has 1 saturated heterocycles. The highest BCUT2D eigenvalue weighted by Gasteiger charge is 2.33. The van der Waals surface area contributed by atoms with E-state index in [2.05, 4.69) is 21.2 Å². The molecule has 30 heavy (non-hydrogen) atoms. The van der Waals surface area contributed by atoms with Crippen LogP contribution in [-0.2, 0) is 21.2 Å². The van der Waals surface area contributed by atoms with Crippen molar-refractivity contribution in [2.75, 3.05) is 13.1 Å². The molecule has 0 radical (unpaired) electrons. The summed E-state index contributed by atoms with van der Waals surface area (Å²) >= 11 is 3.43. The van der Waals surface area contributed by atoms with Crippen LogP contribution in [0.25, 0.3) is 0 Å². The van der Waals surface area contributed by atoms with Crippen LogP contribution in [-0.4, -0.2) is 37.8 Å². The minimum atomic E-state index is -3.53. The highest BCUT2D eigenvalue weighted by molar-refractivity contribution is 9.10. The molecule has 0 aliphatic carbocycles. The fraction of sp³-hybridized carbons (Fsp3) is 0.435. The van der Waals surface area contributed by atoms with E-state index in [1.54, 1.807) is 6.07 Å². The lowest BCUT2D eigenvalue weighted by Crippen LogP contribution is -2.45. The van der Waals surface area contributed by atoms with Crippen molar-refractivity contribution in [2.45, 2.75) is 51.0 Å². The van der Waals surface area contributed by atoms with Gasteiger partial charge in [-0.05, 0) is 69.4 Å². The van der Waals surface area contributed by atoms with Gasteiger partial charge in [-0.2, -0.15) is 4.31 Å². The lowest BCUT2D eigenvalue weighted by atomic mass is 9.96. The van der Waals surface area contributed by atoms with E-state index in [9.17, 15) is 13.2 Å². The monoisotopic (exact) mass is 492 g/mol. The molecule has 5 nitrogen and oxygen atoms in total. The molecule has 1 N–H and O–H groups in total. The molecule has 1 fully saturated rings. The maximum absolute atomic E-state index is 13.0. The summed E-state index contributed by atoms with van der Waals surface area (Å²) in [7, 11) is -3.53. The Morgan fingerprint density at radius 2 is 1.77 bits per heavy atom. The lowest BCUT2D eigenvalue weighted by molar-refractivity contribution is -0.126. The van der Waals surface area contributed by atoms with E-state index in [1.165, 1.54) is 9.87 Å². The molecule has 1 unspecified atom stereocenters. The smallest absolute Gasteiger partial charge is 0.243 e. The van der Waals surface area contributed by atoms with Crippen LogP contribution in [0.15, 0.2) is 51.8 Å². The second kappa shape index (κ2) is 9.62. The van der Waals surface area contributed by atoms with Crippen molar-refractivity contribution < 1.29 is 13.2 Å². The van der Waals surface area contributed by atoms with Crippen LogP contribution in [0.2, 0.25) is 0 Å². The number of sulfonamides is 1. The number of piperidine rings is 1. The first-order valence-electron chi connectivity index (χ1n) is 10.3. The number of amides is 1. The van der Waals surface area contributed by atoms with Crippen LogP contribution in [0.1, 0.15) is 36.5 Å². The molecule has 2 aromatic rings.